The van der Waals surface area contributed by atoms with Crippen LogP contribution in [0.3, 0.4) is 0 Å². The van der Waals surface area contributed by atoms with Crippen LogP contribution in [0.4, 0.5) is 4.79 Å². The normalized spacial score (nSPS) is 14.9. The molecule has 1 aromatic rings. The highest BCUT2D eigenvalue weighted by molar-refractivity contribution is 5.78. The third-order valence-electron chi connectivity index (χ3n) is 3.61. The van der Waals surface area contributed by atoms with E-state index in [1.807, 2.05) is 32.9 Å². The van der Waals surface area contributed by atoms with Gasteiger partial charge in [0.05, 0.1) is 5.69 Å². The minimum absolute atomic E-state index is 0.274. The quantitative estimate of drug-likeness (QED) is 0.831. The number of carbonyl (C=O) groups excluding carboxylic acids is 1. The van der Waals surface area contributed by atoms with E-state index in [1.54, 1.807) is 23.2 Å². The molecule has 0 saturated carbocycles. The number of rotatable bonds is 3. The summed E-state index contributed by atoms with van der Waals surface area (Å²) in [5.41, 5.74) is 3.57. The summed E-state index contributed by atoms with van der Waals surface area (Å²) in [7, 11) is 0. The molecule has 2 heterocycles. The zero-order valence-corrected chi connectivity index (χ0v) is 14.1. The number of hydrogen-bond donors (Lipinski definition) is 0. The number of pyridine rings is 1. The molecule has 0 fully saturated rings. The summed E-state index contributed by atoms with van der Waals surface area (Å²) in [6.45, 7) is 14.5. The van der Waals surface area contributed by atoms with Gasteiger partial charge < -0.3 is 9.64 Å². The average molecular weight is 312 g/mol. The van der Waals surface area contributed by atoms with Gasteiger partial charge in [-0.1, -0.05) is 31.4 Å². The first kappa shape index (κ1) is 17.0. The molecule has 4 heteroatoms. The van der Waals surface area contributed by atoms with Crippen molar-refractivity contribution in [2.45, 2.75) is 32.8 Å². The second-order valence-corrected chi connectivity index (χ2v) is 6.48. The molecular weight excluding hydrogens is 288 g/mol. The number of ether oxygens (including phenoxy) is 1. The first-order valence-corrected chi connectivity index (χ1v) is 7.77. The van der Waals surface area contributed by atoms with Crippen LogP contribution in [-0.2, 0) is 4.74 Å². The molecule has 2 rings (SSSR count). The van der Waals surface area contributed by atoms with E-state index >= 15 is 0 Å². The Bertz CT molecular complexity index is 654. The van der Waals surface area contributed by atoms with Crippen molar-refractivity contribution in [1.82, 2.24) is 9.88 Å². The molecule has 0 N–H and O–H groups in total. The van der Waals surface area contributed by atoms with Crippen molar-refractivity contribution in [3.05, 3.63) is 48.3 Å². The van der Waals surface area contributed by atoms with Crippen LogP contribution in [0.2, 0.25) is 0 Å². The van der Waals surface area contributed by atoms with E-state index in [2.05, 4.69) is 18.1 Å². The Hall–Kier alpha value is -2.36. The van der Waals surface area contributed by atoms with Crippen LogP contribution in [0.25, 0.3) is 17.7 Å². The minimum atomic E-state index is -0.475. The molecule has 1 aromatic heterocycles. The summed E-state index contributed by atoms with van der Waals surface area (Å²) in [4.78, 5) is 18.3. The predicted molar refractivity (Wildman–Crippen MR) is 94.8 cm³/mol. The Morgan fingerprint density at radius 3 is 2.61 bits per heavy atom. The number of aromatic nitrogens is 1. The lowest BCUT2D eigenvalue weighted by molar-refractivity contribution is 0.0270. The fraction of sp³-hybridized carbons (Fsp3) is 0.368. The second-order valence-electron chi connectivity index (χ2n) is 6.48. The van der Waals surface area contributed by atoms with Gasteiger partial charge in [-0.05, 0) is 44.4 Å². The van der Waals surface area contributed by atoms with E-state index in [1.165, 1.54) is 0 Å². The fourth-order valence-corrected chi connectivity index (χ4v) is 2.51. The lowest BCUT2D eigenvalue weighted by Crippen LogP contribution is -2.39. The maximum Gasteiger partial charge on any atom is 0.410 e. The molecule has 0 radical (unpaired) electrons. The number of amides is 1. The molecule has 0 bridgehead atoms. The van der Waals surface area contributed by atoms with Gasteiger partial charge in [-0.25, -0.2) is 4.79 Å². The van der Waals surface area contributed by atoms with Crippen molar-refractivity contribution in [3.63, 3.8) is 0 Å². The van der Waals surface area contributed by atoms with E-state index in [4.69, 9.17) is 4.74 Å². The summed E-state index contributed by atoms with van der Waals surface area (Å²) in [6, 6.07) is 1.92. The number of carbonyl (C=O) groups is 1. The van der Waals surface area contributed by atoms with Crippen LogP contribution >= 0.6 is 0 Å². The molecule has 0 atom stereocenters. The minimum Gasteiger partial charge on any atom is -0.444 e. The third-order valence-corrected chi connectivity index (χ3v) is 3.61. The predicted octanol–water partition coefficient (Wildman–Crippen LogP) is 4.39. The molecular formula is C19H24N2O2. The van der Waals surface area contributed by atoms with Gasteiger partial charge in [-0.2, -0.15) is 0 Å². The highest BCUT2D eigenvalue weighted by Gasteiger charge is 2.24. The van der Waals surface area contributed by atoms with Gasteiger partial charge >= 0.3 is 6.09 Å². The van der Waals surface area contributed by atoms with Crippen LogP contribution in [-0.4, -0.2) is 34.7 Å². The second kappa shape index (κ2) is 6.82. The van der Waals surface area contributed by atoms with Crippen molar-refractivity contribution in [3.8, 4) is 0 Å². The van der Waals surface area contributed by atoms with E-state index in [0.29, 0.717) is 13.1 Å². The first-order chi connectivity index (χ1) is 10.9. The molecule has 0 saturated heterocycles. The third kappa shape index (κ3) is 4.09. The topological polar surface area (TPSA) is 42.4 Å². The van der Waals surface area contributed by atoms with Crippen LogP contribution in [0.15, 0.2) is 31.5 Å². The summed E-state index contributed by atoms with van der Waals surface area (Å²) < 4.78 is 5.41. The molecule has 23 heavy (non-hydrogen) atoms. The highest BCUT2D eigenvalue weighted by Crippen LogP contribution is 2.27. The Labute approximate surface area is 138 Å². The lowest BCUT2D eigenvalue weighted by atomic mass is 9.97. The van der Waals surface area contributed by atoms with Crippen molar-refractivity contribution in [2.75, 3.05) is 13.1 Å². The largest absolute Gasteiger partial charge is 0.444 e. The van der Waals surface area contributed by atoms with Crippen molar-refractivity contribution >= 4 is 23.8 Å². The molecule has 1 aliphatic rings. The number of hydrogen-bond acceptors (Lipinski definition) is 3. The standard InChI is InChI=1S/C19H24N2O2/c1-6-14-8-11-20-17(16(14)7-2)15-9-12-21(13-10-15)18(22)23-19(3,4)5/h6-9,11H,1-2,10,12-13H2,3-5H3. The molecule has 0 unspecified atom stereocenters. The van der Waals surface area contributed by atoms with Crippen LogP contribution in [0.5, 0.6) is 0 Å². The fourth-order valence-electron chi connectivity index (χ4n) is 2.51. The van der Waals surface area contributed by atoms with Crippen molar-refractivity contribution in [1.29, 1.82) is 0 Å². The highest BCUT2D eigenvalue weighted by atomic mass is 16.6. The van der Waals surface area contributed by atoms with E-state index in [0.717, 1.165) is 28.8 Å². The van der Waals surface area contributed by atoms with E-state index < -0.39 is 5.60 Å². The number of nitrogens with zero attached hydrogens (tertiary/aromatic N) is 2. The van der Waals surface area contributed by atoms with Gasteiger partial charge in [-0.3, -0.25) is 4.98 Å². The molecule has 122 valence electrons. The van der Waals surface area contributed by atoms with Gasteiger partial charge in [-0.15, -0.1) is 0 Å². The summed E-state index contributed by atoms with van der Waals surface area (Å²) in [6.07, 6.45) is 7.90. The zero-order chi connectivity index (χ0) is 17.0. The van der Waals surface area contributed by atoms with E-state index in [-0.39, 0.29) is 6.09 Å². The van der Waals surface area contributed by atoms with Crippen LogP contribution in [0, 0.1) is 0 Å². The zero-order valence-electron chi connectivity index (χ0n) is 14.1. The monoisotopic (exact) mass is 312 g/mol. The SMILES string of the molecule is C=Cc1ccnc(C2=CCN(C(=O)OC(C)(C)C)CC2)c1C=C. The summed E-state index contributed by atoms with van der Waals surface area (Å²) in [5, 5.41) is 0. The van der Waals surface area contributed by atoms with Gasteiger partial charge in [0.2, 0.25) is 0 Å². The maximum absolute atomic E-state index is 12.1. The van der Waals surface area contributed by atoms with Crippen molar-refractivity contribution in [2.24, 2.45) is 0 Å². The molecule has 0 aromatic carbocycles. The van der Waals surface area contributed by atoms with Gasteiger partial charge in [0, 0.05) is 24.8 Å². The van der Waals surface area contributed by atoms with Gasteiger partial charge in [0.15, 0.2) is 0 Å². The Balaban J connectivity index is 2.18. The van der Waals surface area contributed by atoms with Crippen LogP contribution < -0.4 is 0 Å². The Morgan fingerprint density at radius 2 is 2.09 bits per heavy atom. The maximum atomic E-state index is 12.1. The Kier molecular flexibility index (Phi) is 5.04. The molecule has 0 spiro atoms. The summed E-state index contributed by atoms with van der Waals surface area (Å²) >= 11 is 0. The first-order valence-electron chi connectivity index (χ1n) is 7.77. The molecule has 1 amide bonds. The van der Waals surface area contributed by atoms with Crippen LogP contribution in [0.1, 0.15) is 44.0 Å². The van der Waals surface area contributed by atoms with Crippen molar-refractivity contribution < 1.29 is 9.53 Å². The Morgan fingerprint density at radius 1 is 1.35 bits per heavy atom. The van der Waals surface area contributed by atoms with Gasteiger partial charge in [0.25, 0.3) is 0 Å². The van der Waals surface area contributed by atoms with Gasteiger partial charge in [0.1, 0.15) is 5.60 Å². The lowest BCUT2D eigenvalue weighted by Gasteiger charge is -2.29. The summed E-state index contributed by atoms with van der Waals surface area (Å²) in [5.74, 6) is 0. The smallest absolute Gasteiger partial charge is 0.410 e. The molecule has 0 aliphatic carbocycles. The molecule has 1 aliphatic heterocycles. The van der Waals surface area contributed by atoms with E-state index in [9.17, 15) is 4.79 Å². The molecule has 4 nitrogen and oxygen atoms in total. The average Bonchev–Trinajstić information content (AvgIpc) is 2.52.